The van der Waals surface area contributed by atoms with Gasteiger partial charge in [-0.2, -0.15) is 0 Å². The Balaban J connectivity index is 1.61. The number of aliphatic hydroxyl groups is 3. The number of aliphatic carboxylic acids is 1. The molecule has 0 bridgehead atoms. The lowest BCUT2D eigenvalue weighted by Gasteiger charge is -2.18. The first-order chi connectivity index (χ1) is 22.7. The molecule has 2 aliphatic rings. The first-order valence-electron chi connectivity index (χ1n) is 16.0. The molecular formula is C35H42N4O9. The monoisotopic (exact) mass is 662 g/mol. The zero-order valence-electron chi connectivity index (χ0n) is 27.7. The summed E-state index contributed by atoms with van der Waals surface area (Å²) in [6, 6.07) is -0.511. The van der Waals surface area contributed by atoms with Gasteiger partial charge in [0.2, 0.25) is 5.91 Å². The topological polar surface area (TPSA) is 226 Å². The number of carbonyl (C=O) groups is 5. The quantitative estimate of drug-likeness (QED) is 0.0929. The first kappa shape index (κ1) is 34.7. The van der Waals surface area contributed by atoms with Gasteiger partial charge in [-0.3, -0.25) is 19.2 Å². The van der Waals surface area contributed by atoms with Gasteiger partial charge in [0.25, 0.3) is 0 Å². The molecule has 256 valence electrons. The van der Waals surface area contributed by atoms with Crippen LogP contribution in [0, 0.1) is 26.7 Å². The molecule has 5 rings (SSSR count). The van der Waals surface area contributed by atoms with E-state index in [0.29, 0.717) is 69.3 Å². The lowest BCUT2D eigenvalue weighted by Crippen LogP contribution is -2.32. The van der Waals surface area contributed by atoms with Crippen LogP contribution in [0.4, 0.5) is 0 Å². The minimum Gasteiger partial charge on any atom is -0.481 e. The smallest absolute Gasteiger partial charge is 0.315 e. The minimum absolute atomic E-state index is 0.0573. The van der Waals surface area contributed by atoms with Gasteiger partial charge in [-0.15, -0.1) is 0 Å². The SMILES string of the molecule is CC(=O)CCc1c([C@H]2c3[nH]c(Cc4[nH]c(C=O)c(C)c4CCO)c(C)c3C(=O)[C@@H]2C(=O)O)[nH]c(C[C@@H]2NC(=O)C([C@H](O)CO)=C2C)c1C. The summed E-state index contributed by atoms with van der Waals surface area (Å²) in [5, 5.41) is 42.5. The third kappa shape index (κ3) is 5.86. The molecule has 48 heavy (non-hydrogen) atoms. The molecule has 1 amide bonds. The molecule has 4 heterocycles. The summed E-state index contributed by atoms with van der Waals surface area (Å²) in [5.41, 5.74) is 7.98. The summed E-state index contributed by atoms with van der Waals surface area (Å²) < 4.78 is 0. The third-order valence-electron chi connectivity index (χ3n) is 10.1. The number of ketones is 2. The molecule has 0 saturated heterocycles. The van der Waals surface area contributed by atoms with Crippen molar-refractivity contribution < 1.29 is 44.4 Å². The Morgan fingerprint density at radius 1 is 0.896 bits per heavy atom. The second-order valence-electron chi connectivity index (χ2n) is 12.9. The maximum absolute atomic E-state index is 13.9. The van der Waals surface area contributed by atoms with Gasteiger partial charge in [-0.25, -0.2) is 0 Å². The number of aromatic amines is 3. The van der Waals surface area contributed by atoms with Crippen molar-refractivity contribution in [3.63, 3.8) is 0 Å². The van der Waals surface area contributed by atoms with E-state index in [1.165, 1.54) is 6.92 Å². The first-order valence-corrected chi connectivity index (χ1v) is 16.0. The number of nitrogens with one attached hydrogen (secondary N) is 4. The molecule has 8 N–H and O–H groups in total. The number of aldehydes is 1. The van der Waals surface area contributed by atoms with Crippen molar-refractivity contribution in [2.75, 3.05) is 13.2 Å². The maximum Gasteiger partial charge on any atom is 0.315 e. The molecule has 0 spiro atoms. The standard InChI is InChI=1S/C35H42N4O9/c1-14(43)6-7-20-16(3)21(10-23-17(4)27(26(44)13-42)34(46)39-23)37-31(20)29-30(35(47)48)33(45)28-18(5)22(38-32(28)29)11-24-19(8-9-40)15(2)25(12-41)36-24/h12,23,26,29-30,36-38,40,42,44H,6-11,13H2,1-5H3,(H,39,46)(H,47,48)/t23-,26+,29-,30+/m0/s1. The summed E-state index contributed by atoms with van der Waals surface area (Å²) in [7, 11) is 0. The van der Waals surface area contributed by atoms with E-state index in [0.717, 1.165) is 23.0 Å². The van der Waals surface area contributed by atoms with E-state index >= 15 is 0 Å². The number of aromatic nitrogens is 3. The largest absolute Gasteiger partial charge is 0.481 e. The van der Waals surface area contributed by atoms with Crippen molar-refractivity contribution in [1.82, 2.24) is 20.3 Å². The Hall–Kier alpha value is -4.59. The minimum atomic E-state index is -1.43. The zero-order chi connectivity index (χ0) is 35.2. The number of carboxylic acid groups (broad SMARTS) is 1. The molecule has 3 aromatic rings. The normalized spacial score (nSPS) is 19.6. The second kappa shape index (κ2) is 13.5. The van der Waals surface area contributed by atoms with Crippen molar-refractivity contribution in [3.8, 4) is 0 Å². The van der Waals surface area contributed by atoms with Crippen LogP contribution in [0.5, 0.6) is 0 Å². The predicted octanol–water partition coefficient (Wildman–Crippen LogP) is 1.80. The van der Waals surface area contributed by atoms with E-state index in [1.807, 2.05) is 6.92 Å². The highest BCUT2D eigenvalue weighted by Crippen LogP contribution is 2.46. The number of H-pyrrole nitrogens is 3. The number of carbonyl (C=O) groups excluding carboxylic acids is 4. The molecule has 0 unspecified atom stereocenters. The van der Waals surface area contributed by atoms with Gasteiger partial charge in [-0.1, -0.05) is 0 Å². The Labute approximate surface area is 276 Å². The summed E-state index contributed by atoms with van der Waals surface area (Å²) in [4.78, 5) is 72.9. The number of carboxylic acids is 1. The van der Waals surface area contributed by atoms with Crippen LogP contribution in [0.2, 0.25) is 0 Å². The van der Waals surface area contributed by atoms with E-state index in [9.17, 15) is 44.4 Å². The zero-order valence-corrected chi connectivity index (χ0v) is 27.7. The number of fused-ring (bicyclic) bond motifs is 1. The Kier molecular flexibility index (Phi) is 9.77. The number of hydrogen-bond donors (Lipinski definition) is 8. The molecule has 0 aromatic carbocycles. The number of rotatable bonds is 14. The van der Waals surface area contributed by atoms with Crippen LogP contribution in [0.15, 0.2) is 11.1 Å². The van der Waals surface area contributed by atoms with Crippen LogP contribution in [0.3, 0.4) is 0 Å². The molecule has 13 nitrogen and oxygen atoms in total. The highest BCUT2D eigenvalue weighted by molar-refractivity contribution is 6.14. The van der Waals surface area contributed by atoms with Crippen molar-refractivity contribution >= 4 is 29.7 Å². The lowest BCUT2D eigenvalue weighted by molar-refractivity contribution is -0.140. The molecule has 13 heteroatoms. The molecule has 1 aliphatic heterocycles. The molecule has 3 aromatic heterocycles. The Morgan fingerprint density at radius 3 is 2.19 bits per heavy atom. The number of Topliss-reactive ketones (excluding diaryl/α,β-unsaturated/α-hetero) is 2. The van der Waals surface area contributed by atoms with Crippen LogP contribution in [0.25, 0.3) is 0 Å². The summed E-state index contributed by atoms with van der Waals surface area (Å²) in [6.07, 6.45) is 0.748. The number of aliphatic hydroxyl groups excluding tert-OH is 3. The van der Waals surface area contributed by atoms with Crippen molar-refractivity contribution in [1.29, 1.82) is 0 Å². The van der Waals surface area contributed by atoms with Gasteiger partial charge in [0, 0.05) is 65.5 Å². The van der Waals surface area contributed by atoms with Crippen LogP contribution >= 0.6 is 0 Å². The maximum atomic E-state index is 13.9. The summed E-state index contributed by atoms with van der Waals surface area (Å²) in [6.45, 7) is 7.85. The average Bonchev–Trinajstić information content (AvgIpc) is 3.77. The van der Waals surface area contributed by atoms with Crippen LogP contribution in [0.1, 0.15) is 103 Å². The fraction of sp³-hybridized carbons (Fsp3) is 0.457. The predicted molar refractivity (Wildman–Crippen MR) is 173 cm³/mol. The lowest BCUT2D eigenvalue weighted by atomic mass is 9.87. The Bertz CT molecular complexity index is 1860. The molecular weight excluding hydrogens is 620 g/mol. The van der Waals surface area contributed by atoms with Gasteiger partial charge < -0.3 is 45.5 Å². The molecule has 0 radical (unpaired) electrons. The Morgan fingerprint density at radius 2 is 1.58 bits per heavy atom. The highest BCUT2D eigenvalue weighted by Gasteiger charge is 2.49. The van der Waals surface area contributed by atoms with Gasteiger partial charge in [-0.05, 0) is 80.9 Å². The van der Waals surface area contributed by atoms with E-state index in [2.05, 4.69) is 20.3 Å². The highest BCUT2D eigenvalue weighted by atomic mass is 16.4. The van der Waals surface area contributed by atoms with Crippen LogP contribution < -0.4 is 5.32 Å². The third-order valence-corrected chi connectivity index (χ3v) is 10.1. The van der Waals surface area contributed by atoms with Crippen molar-refractivity contribution in [3.05, 3.63) is 78.7 Å². The second-order valence-corrected chi connectivity index (χ2v) is 12.9. The molecule has 0 saturated carbocycles. The van der Waals surface area contributed by atoms with E-state index in [4.69, 9.17) is 0 Å². The molecule has 1 aliphatic carbocycles. The molecule has 0 fully saturated rings. The van der Waals surface area contributed by atoms with Crippen molar-refractivity contribution in [2.24, 2.45) is 5.92 Å². The van der Waals surface area contributed by atoms with E-state index < -0.39 is 48.2 Å². The van der Waals surface area contributed by atoms with Gasteiger partial charge in [0.05, 0.1) is 24.3 Å². The average molecular weight is 663 g/mol. The fourth-order valence-corrected chi connectivity index (χ4v) is 7.49. The van der Waals surface area contributed by atoms with Crippen LogP contribution in [-0.2, 0) is 40.1 Å². The summed E-state index contributed by atoms with van der Waals surface area (Å²) >= 11 is 0. The van der Waals surface area contributed by atoms with Gasteiger partial charge >= 0.3 is 5.97 Å². The van der Waals surface area contributed by atoms with Crippen LogP contribution in [-0.4, -0.2) is 90.5 Å². The van der Waals surface area contributed by atoms with E-state index in [1.54, 1.807) is 20.8 Å². The number of hydrogen-bond acceptors (Lipinski definition) is 8. The number of amides is 1. The van der Waals surface area contributed by atoms with Crippen molar-refractivity contribution in [2.45, 2.75) is 84.8 Å². The fourth-order valence-electron chi connectivity index (χ4n) is 7.49. The molecule has 4 atom stereocenters. The summed E-state index contributed by atoms with van der Waals surface area (Å²) in [5.74, 6) is -4.72. The van der Waals surface area contributed by atoms with Gasteiger partial charge in [0.1, 0.15) is 17.8 Å². The van der Waals surface area contributed by atoms with E-state index in [-0.39, 0.29) is 37.2 Å². The van der Waals surface area contributed by atoms with Gasteiger partial charge in [0.15, 0.2) is 12.1 Å².